The zero-order valence-corrected chi connectivity index (χ0v) is 13.1. The highest BCUT2D eigenvalue weighted by Crippen LogP contribution is 2.47. The molecule has 1 aromatic heterocycles. The number of thiophene rings is 1. The number of rotatable bonds is 1. The van der Waals surface area contributed by atoms with Crippen LogP contribution in [-0.4, -0.2) is 5.91 Å². The quantitative estimate of drug-likeness (QED) is 0.819. The van der Waals surface area contributed by atoms with Gasteiger partial charge in [-0.25, -0.2) is 0 Å². The predicted molar refractivity (Wildman–Crippen MR) is 83.4 cm³/mol. The predicted octanol–water partition coefficient (Wildman–Crippen LogP) is 3.76. The van der Waals surface area contributed by atoms with E-state index in [1.54, 1.807) is 11.3 Å². The van der Waals surface area contributed by atoms with Gasteiger partial charge in [0.25, 0.3) is 0 Å². The number of nitrogens with two attached hydrogens (primary N) is 1. The van der Waals surface area contributed by atoms with E-state index in [0.29, 0.717) is 0 Å². The largest absolute Gasteiger partial charge is 0.325 e. The smallest absolute Gasteiger partial charge is 0.227 e. The molecule has 0 spiro atoms. The van der Waals surface area contributed by atoms with E-state index in [0.717, 1.165) is 19.2 Å². The van der Waals surface area contributed by atoms with Gasteiger partial charge in [0.15, 0.2) is 0 Å². The number of para-hydroxylation sites is 1. The minimum absolute atomic E-state index is 0.0514. The van der Waals surface area contributed by atoms with Crippen LogP contribution in [0.1, 0.15) is 11.3 Å². The molecule has 6 heteroatoms. The Bertz CT molecular complexity index is 643. The van der Waals surface area contributed by atoms with Gasteiger partial charge in [0.05, 0.1) is 15.9 Å². The summed E-state index contributed by atoms with van der Waals surface area (Å²) < 4.78 is 1.02. The van der Waals surface area contributed by atoms with E-state index < -0.39 is 4.87 Å². The summed E-state index contributed by atoms with van der Waals surface area (Å²) in [6, 6.07) is 11.7. The Balaban J connectivity index is 2.06. The number of hydrogen-bond acceptors (Lipinski definition) is 4. The number of fused-ring (bicyclic) bond motifs is 1. The Hall–Kier alpha value is -0.820. The van der Waals surface area contributed by atoms with Crippen molar-refractivity contribution in [2.45, 2.75) is 16.2 Å². The van der Waals surface area contributed by atoms with Gasteiger partial charge in [0.2, 0.25) is 5.91 Å². The molecule has 1 unspecified atom stereocenters. The summed E-state index contributed by atoms with van der Waals surface area (Å²) in [4.78, 5) is 13.3. The minimum Gasteiger partial charge on any atom is -0.325 e. The van der Waals surface area contributed by atoms with Crippen molar-refractivity contribution in [3.05, 3.63) is 45.1 Å². The summed E-state index contributed by atoms with van der Waals surface area (Å²) in [5.41, 5.74) is 7.32. The maximum Gasteiger partial charge on any atom is 0.227 e. The zero-order chi connectivity index (χ0) is 13.5. The van der Waals surface area contributed by atoms with Crippen LogP contribution in [0.5, 0.6) is 0 Å². The molecule has 3 nitrogen and oxygen atoms in total. The van der Waals surface area contributed by atoms with E-state index in [9.17, 15) is 4.79 Å². The fraction of sp³-hybridized carbons (Fsp3) is 0.154. The second-order valence-electron chi connectivity index (χ2n) is 4.32. The Morgan fingerprint density at radius 1 is 1.26 bits per heavy atom. The Kier molecular flexibility index (Phi) is 3.42. The first-order chi connectivity index (χ1) is 9.07. The fourth-order valence-electron chi connectivity index (χ4n) is 2.00. The maximum absolute atomic E-state index is 12.0. The Labute approximate surface area is 127 Å². The van der Waals surface area contributed by atoms with Crippen LogP contribution < -0.4 is 11.1 Å². The average molecular weight is 355 g/mol. The van der Waals surface area contributed by atoms with Gasteiger partial charge in [-0.2, -0.15) is 0 Å². The van der Waals surface area contributed by atoms with Gasteiger partial charge in [0, 0.05) is 9.77 Å². The van der Waals surface area contributed by atoms with Crippen LogP contribution in [-0.2, 0) is 9.67 Å². The van der Waals surface area contributed by atoms with Crippen molar-refractivity contribution in [1.82, 2.24) is 0 Å². The number of thioether (sulfide) groups is 1. The third kappa shape index (κ3) is 2.58. The van der Waals surface area contributed by atoms with Crippen LogP contribution in [0.15, 0.2) is 45.1 Å². The van der Waals surface area contributed by atoms with Crippen molar-refractivity contribution < 1.29 is 4.79 Å². The van der Waals surface area contributed by atoms with E-state index in [1.165, 1.54) is 11.8 Å². The summed E-state index contributed by atoms with van der Waals surface area (Å²) in [5.74, 6) is -0.0514. The van der Waals surface area contributed by atoms with E-state index in [-0.39, 0.29) is 12.3 Å². The summed E-state index contributed by atoms with van der Waals surface area (Å²) in [6.45, 7) is 0. The molecule has 1 aliphatic heterocycles. The van der Waals surface area contributed by atoms with Gasteiger partial charge in [0.1, 0.15) is 4.87 Å². The molecule has 1 aromatic carbocycles. The SMILES string of the molecule is NC1(c2ccc(Br)s2)CC(=O)Nc2ccccc2S1. The molecule has 0 bridgehead atoms. The van der Waals surface area contributed by atoms with Crippen LogP contribution in [0.2, 0.25) is 0 Å². The van der Waals surface area contributed by atoms with Crippen molar-refractivity contribution in [1.29, 1.82) is 0 Å². The normalized spacial score (nSPS) is 22.5. The molecule has 1 atom stereocenters. The van der Waals surface area contributed by atoms with E-state index in [1.807, 2.05) is 36.4 Å². The molecule has 0 radical (unpaired) electrons. The van der Waals surface area contributed by atoms with Crippen LogP contribution in [0, 0.1) is 0 Å². The molecule has 1 aliphatic rings. The Morgan fingerprint density at radius 2 is 2.05 bits per heavy atom. The van der Waals surface area contributed by atoms with Gasteiger partial charge in [-0.3, -0.25) is 4.79 Å². The summed E-state index contributed by atoms with van der Waals surface area (Å²) in [5, 5.41) is 2.91. The topological polar surface area (TPSA) is 55.1 Å². The number of hydrogen-bond donors (Lipinski definition) is 2. The lowest BCUT2D eigenvalue weighted by Gasteiger charge is -2.24. The van der Waals surface area contributed by atoms with Crippen LogP contribution >= 0.6 is 39.0 Å². The molecule has 0 saturated heterocycles. The van der Waals surface area contributed by atoms with Crippen molar-refractivity contribution in [2.75, 3.05) is 5.32 Å². The molecule has 3 rings (SSSR count). The first kappa shape index (κ1) is 13.2. The number of anilines is 1. The number of benzene rings is 1. The maximum atomic E-state index is 12.0. The van der Waals surface area contributed by atoms with Crippen LogP contribution in [0.25, 0.3) is 0 Å². The van der Waals surface area contributed by atoms with Crippen molar-refractivity contribution in [3.63, 3.8) is 0 Å². The molecule has 0 aliphatic carbocycles. The van der Waals surface area contributed by atoms with Crippen molar-refractivity contribution >= 4 is 50.6 Å². The third-order valence-electron chi connectivity index (χ3n) is 2.87. The van der Waals surface area contributed by atoms with Crippen LogP contribution in [0.3, 0.4) is 0 Å². The number of carbonyl (C=O) groups excluding carboxylic acids is 1. The Morgan fingerprint density at radius 3 is 2.79 bits per heavy atom. The second-order valence-corrected chi connectivity index (χ2v) is 8.15. The molecule has 1 amide bonds. The van der Waals surface area contributed by atoms with Crippen LogP contribution in [0.4, 0.5) is 5.69 Å². The van der Waals surface area contributed by atoms with Crippen molar-refractivity contribution in [3.8, 4) is 0 Å². The first-order valence-corrected chi connectivity index (χ1v) is 8.12. The molecule has 0 saturated carbocycles. The second kappa shape index (κ2) is 4.94. The summed E-state index contributed by atoms with van der Waals surface area (Å²) >= 11 is 6.55. The number of halogens is 1. The molecular weight excluding hydrogens is 344 g/mol. The zero-order valence-electron chi connectivity index (χ0n) is 9.85. The molecule has 2 heterocycles. The van der Waals surface area contributed by atoms with E-state index in [2.05, 4.69) is 21.2 Å². The molecule has 98 valence electrons. The monoisotopic (exact) mass is 354 g/mol. The van der Waals surface area contributed by atoms with E-state index >= 15 is 0 Å². The third-order valence-corrected chi connectivity index (χ3v) is 6.10. The molecular formula is C13H11BrN2OS2. The van der Waals surface area contributed by atoms with Gasteiger partial charge >= 0.3 is 0 Å². The van der Waals surface area contributed by atoms with Crippen molar-refractivity contribution in [2.24, 2.45) is 5.73 Å². The molecule has 3 N–H and O–H groups in total. The molecule has 0 fully saturated rings. The number of nitrogens with one attached hydrogen (secondary N) is 1. The number of carbonyl (C=O) groups is 1. The highest BCUT2D eigenvalue weighted by atomic mass is 79.9. The van der Waals surface area contributed by atoms with Gasteiger partial charge in [-0.1, -0.05) is 23.9 Å². The summed E-state index contributed by atoms with van der Waals surface area (Å²) in [6.07, 6.45) is 0.263. The molecule has 2 aromatic rings. The summed E-state index contributed by atoms with van der Waals surface area (Å²) in [7, 11) is 0. The molecule has 19 heavy (non-hydrogen) atoms. The lowest BCUT2D eigenvalue weighted by molar-refractivity contribution is -0.116. The highest BCUT2D eigenvalue weighted by molar-refractivity contribution is 9.11. The van der Waals surface area contributed by atoms with Gasteiger partial charge in [-0.05, 0) is 40.2 Å². The van der Waals surface area contributed by atoms with E-state index in [4.69, 9.17) is 5.73 Å². The first-order valence-electron chi connectivity index (χ1n) is 5.69. The average Bonchev–Trinajstić information content (AvgIpc) is 2.73. The lowest BCUT2D eigenvalue weighted by Crippen LogP contribution is -2.34. The fourth-order valence-corrected chi connectivity index (χ4v) is 4.78. The number of amides is 1. The standard InChI is InChI=1S/C13H11BrN2OS2/c14-11-6-5-10(18-11)13(15)7-12(17)16-8-3-1-2-4-9(8)19-13/h1-6H,7,15H2,(H,16,17). The highest BCUT2D eigenvalue weighted by Gasteiger charge is 2.36. The minimum atomic E-state index is -0.715. The van der Waals surface area contributed by atoms with Gasteiger partial charge in [-0.15, -0.1) is 11.3 Å². The lowest BCUT2D eigenvalue weighted by atomic mass is 10.1. The van der Waals surface area contributed by atoms with Gasteiger partial charge < -0.3 is 11.1 Å².